The zero-order valence-corrected chi connectivity index (χ0v) is 6.78. The molecule has 0 atom stereocenters. The number of aromatic amines is 1. The van der Waals surface area contributed by atoms with Crippen molar-refractivity contribution in [3.63, 3.8) is 0 Å². The summed E-state index contributed by atoms with van der Waals surface area (Å²) in [4.78, 5) is 23.7. The summed E-state index contributed by atoms with van der Waals surface area (Å²) in [6.07, 6.45) is 5.31. The lowest BCUT2D eigenvalue weighted by atomic mass is 10.4. The van der Waals surface area contributed by atoms with E-state index in [1.807, 2.05) is 4.98 Å². The van der Waals surface area contributed by atoms with Crippen LogP contribution in [0.1, 0.15) is 6.42 Å². The first-order valence-electron chi connectivity index (χ1n) is 3.61. The fourth-order valence-electron chi connectivity index (χ4n) is 0.901. The van der Waals surface area contributed by atoms with Crippen LogP contribution >= 0.6 is 0 Å². The van der Waals surface area contributed by atoms with Gasteiger partial charge in [0.15, 0.2) is 0 Å². The molecule has 0 aliphatic carbocycles. The van der Waals surface area contributed by atoms with Crippen molar-refractivity contribution in [3.05, 3.63) is 26.9 Å². The van der Waals surface area contributed by atoms with E-state index in [4.69, 9.17) is 6.42 Å². The van der Waals surface area contributed by atoms with Gasteiger partial charge >= 0.3 is 5.69 Å². The van der Waals surface area contributed by atoms with Gasteiger partial charge in [-0.15, -0.1) is 12.3 Å². The average Bonchev–Trinajstić information content (AvgIpc) is 2.02. The summed E-state index contributed by atoms with van der Waals surface area (Å²) < 4.78 is 1.00. The van der Waals surface area contributed by atoms with Gasteiger partial charge in [0.2, 0.25) is 5.88 Å². The van der Waals surface area contributed by atoms with Crippen molar-refractivity contribution >= 4 is 0 Å². The zero-order chi connectivity index (χ0) is 9.84. The van der Waals surface area contributed by atoms with Crippen molar-refractivity contribution in [1.29, 1.82) is 0 Å². The first kappa shape index (κ1) is 9.13. The van der Waals surface area contributed by atoms with E-state index in [1.54, 1.807) is 0 Å². The molecule has 68 valence electrons. The number of terminal acetylenes is 1. The Morgan fingerprint density at radius 3 is 2.85 bits per heavy atom. The fourth-order valence-corrected chi connectivity index (χ4v) is 0.901. The smallest absolute Gasteiger partial charge is 0.331 e. The Bertz CT molecular complexity index is 450. The molecule has 0 spiro atoms. The van der Waals surface area contributed by atoms with Crippen molar-refractivity contribution in [2.75, 3.05) is 0 Å². The number of aromatic hydroxyl groups is 1. The molecule has 0 saturated carbocycles. The normalized spacial score (nSPS) is 9.46. The Morgan fingerprint density at radius 1 is 1.62 bits per heavy atom. The first-order valence-corrected chi connectivity index (χ1v) is 3.61. The maximum atomic E-state index is 11.0. The van der Waals surface area contributed by atoms with E-state index < -0.39 is 11.2 Å². The minimum atomic E-state index is -0.653. The maximum absolute atomic E-state index is 11.0. The molecule has 5 nitrogen and oxygen atoms in total. The monoisotopic (exact) mass is 180 g/mol. The van der Waals surface area contributed by atoms with Crippen LogP contribution < -0.4 is 11.2 Å². The number of hydrogen-bond donors (Lipinski definition) is 2. The van der Waals surface area contributed by atoms with Crippen molar-refractivity contribution < 1.29 is 5.11 Å². The molecule has 0 amide bonds. The molecule has 0 fully saturated rings. The largest absolute Gasteiger partial charge is 0.494 e. The van der Waals surface area contributed by atoms with Gasteiger partial charge in [-0.3, -0.25) is 14.3 Å². The average molecular weight is 180 g/mol. The predicted molar refractivity (Wildman–Crippen MR) is 46.4 cm³/mol. The van der Waals surface area contributed by atoms with Crippen molar-refractivity contribution in [2.45, 2.75) is 13.0 Å². The molecule has 2 N–H and O–H groups in total. The second kappa shape index (κ2) is 3.63. The minimum Gasteiger partial charge on any atom is -0.494 e. The van der Waals surface area contributed by atoms with Crippen LogP contribution in [-0.4, -0.2) is 14.7 Å². The van der Waals surface area contributed by atoms with Gasteiger partial charge < -0.3 is 5.11 Å². The third kappa shape index (κ3) is 1.99. The molecule has 0 radical (unpaired) electrons. The van der Waals surface area contributed by atoms with Crippen molar-refractivity contribution in [2.24, 2.45) is 0 Å². The molecule has 13 heavy (non-hydrogen) atoms. The number of hydrogen-bond acceptors (Lipinski definition) is 3. The second-order valence-corrected chi connectivity index (χ2v) is 2.40. The molecule has 0 bridgehead atoms. The minimum absolute atomic E-state index is 0.192. The molecule has 1 rings (SSSR count). The summed E-state index contributed by atoms with van der Waals surface area (Å²) in [5.41, 5.74) is -1.28. The highest BCUT2D eigenvalue weighted by molar-refractivity contribution is 5.06. The molecule has 5 heteroatoms. The summed E-state index contributed by atoms with van der Waals surface area (Å²) >= 11 is 0. The fraction of sp³-hybridized carbons (Fsp3) is 0.250. The Hall–Kier alpha value is -1.96. The molecule has 0 aliphatic heterocycles. The second-order valence-electron chi connectivity index (χ2n) is 2.40. The van der Waals surface area contributed by atoms with E-state index in [-0.39, 0.29) is 12.4 Å². The molecule has 1 aromatic heterocycles. The van der Waals surface area contributed by atoms with Gasteiger partial charge in [-0.05, 0) is 0 Å². The highest BCUT2D eigenvalue weighted by Crippen LogP contribution is 2.00. The number of H-pyrrole nitrogens is 1. The van der Waals surface area contributed by atoms with E-state index >= 15 is 0 Å². The summed E-state index contributed by atoms with van der Waals surface area (Å²) in [5.74, 6) is 1.95. The molecule has 0 saturated heterocycles. The lowest BCUT2D eigenvalue weighted by molar-refractivity contribution is 0.402. The third-order valence-electron chi connectivity index (χ3n) is 1.49. The van der Waals surface area contributed by atoms with Crippen LogP contribution in [0.2, 0.25) is 0 Å². The SMILES string of the molecule is C#CCCn1c(O)cc(=O)[nH]c1=O. The van der Waals surface area contributed by atoms with Crippen LogP contribution in [0.25, 0.3) is 0 Å². The highest BCUT2D eigenvalue weighted by Gasteiger charge is 2.02. The summed E-state index contributed by atoms with van der Waals surface area (Å²) in [5, 5.41) is 9.17. The molecule has 0 unspecified atom stereocenters. The number of nitrogens with zero attached hydrogens (tertiary/aromatic N) is 1. The van der Waals surface area contributed by atoms with Gasteiger partial charge in [-0.2, -0.15) is 0 Å². The Balaban J connectivity index is 3.16. The molecule has 1 aromatic rings. The van der Waals surface area contributed by atoms with Crippen molar-refractivity contribution in [3.8, 4) is 18.2 Å². The van der Waals surface area contributed by atoms with Gasteiger partial charge in [0, 0.05) is 13.0 Å². The molecule has 0 aliphatic rings. The van der Waals surface area contributed by atoms with Crippen LogP contribution in [0.15, 0.2) is 15.7 Å². The van der Waals surface area contributed by atoms with Gasteiger partial charge in [0.05, 0.1) is 6.07 Å². The lowest BCUT2D eigenvalue weighted by Gasteiger charge is -2.03. The summed E-state index contributed by atoms with van der Waals surface area (Å²) in [6, 6.07) is 0.928. The summed E-state index contributed by atoms with van der Waals surface area (Å²) in [7, 11) is 0. The zero-order valence-electron chi connectivity index (χ0n) is 6.78. The number of rotatable bonds is 2. The molecule has 1 heterocycles. The number of nitrogens with one attached hydrogen (secondary N) is 1. The Morgan fingerprint density at radius 2 is 2.31 bits per heavy atom. The van der Waals surface area contributed by atoms with E-state index in [1.165, 1.54) is 0 Å². The van der Waals surface area contributed by atoms with Crippen LogP contribution in [0.5, 0.6) is 5.88 Å². The van der Waals surface area contributed by atoms with Gasteiger partial charge in [0.25, 0.3) is 5.56 Å². The van der Waals surface area contributed by atoms with Crippen LogP contribution in [0.3, 0.4) is 0 Å². The Labute approximate surface area is 73.7 Å². The standard InChI is InChI=1S/C8H8N2O3/c1-2-3-4-10-7(12)5-6(11)9-8(10)13/h1,5,12H,3-4H2,(H,9,11,13). The first-order chi connectivity index (χ1) is 6.15. The van der Waals surface area contributed by atoms with E-state index in [9.17, 15) is 14.7 Å². The molecular weight excluding hydrogens is 172 g/mol. The lowest BCUT2D eigenvalue weighted by Crippen LogP contribution is -2.29. The molecular formula is C8H8N2O3. The Kier molecular flexibility index (Phi) is 2.55. The van der Waals surface area contributed by atoms with E-state index in [0.29, 0.717) is 6.42 Å². The molecule has 0 aromatic carbocycles. The van der Waals surface area contributed by atoms with Crippen LogP contribution in [0, 0.1) is 12.3 Å². The topological polar surface area (TPSA) is 75.1 Å². The maximum Gasteiger partial charge on any atom is 0.331 e. The van der Waals surface area contributed by atoms with Crippen molar-refractivity contribution in [1.82, 2.24) is 9.55 Å². The summed E-state index contributed by atoms with van der Waals surface area (Å²) in [6.45, 7) is 0.192. The van der Waals surface area contributed by atoms with Gasteiger partial charge in [0.1, 0.15) is 0 Å². The van der Waals surface area contributed by atoms with E-state index in [0.717, 1.165) is 10.6 Å². The number of aromatic nitrogens is 2. The predicted octanol–water partition coefficient (Wildman–Crippen LogP) is -0.735. The highest BCUT2D eigenvalue weighted by atomic mass is 16.3. The van der Waals surface area contributed by atoms with Crippen LogP contribution in [0.4, 0.5) is 0 Å². The quantitative estimate of drug-likeness (QED) is 0.589. The van der Waals surface area contributed by atoms with Gasteiger partial charge in [-0.25, -0.2) is 4.79 Å². The van der Waals surface area contributed by atoms with Gasteiger partial charge in [-0.1, -0.05) is 0 Å². The third-order valence-corrected chi connectivity index (χ3v) is 1.49. The van der Waals surface area contributed by atoms with E-state index in [2.05, 4.69) is 5.92 Å². The van der Waals surface area contributed by atoms with Crippen LogP contribution in [-0.2, 0) is 6.54 Å².